The van der Waals surface area contributed by atoms with Gasteiger partial charge in [-0.2, -0.15) is 0 Å². The lowest BCUT2D eigenvalue weighted by Gasteiger charge is -2.23. The Bertz CT molecular complexity index is 560. The molecule has 0 heterocycles. The Morgan fingerprint density at radius 3 is 1.38 bits per heavy atom. The molecule has 0 amide bonds. The summed E-state index contributed by atoms with van der Waals surface area (Å²) < 4.78 is 0. The molecule has 0 fully saturated rings. The van der Waals surface area contributed by atoms with Crippen LogP contribution < -0.4 is 9.80 Å². The van der Waals surface area contributed by atoms with Crippen LogP contribution in [0.3, 0.4) is 0 Å². The van der Waals surface area contributed by atoms with Gasteiger partial charge in [0.25, 0.3) is 0 Å². The van der Waals surface area contributed by atoms with Crippen molar-refractivity contribution in [1.82, 2.24) is 0 Å². The van der Waals surface area contributed by atoms with E-state index >= 15 is 0 Å². The fourth-order valence-electron chi connectivity index (χ4n) is 3.04. The minimum atomic E-state index is 0.465. The van der Waals surface area contributed by atoms with Crippen molar-refractivity contribution in [2.45, 2.75) is 32.6 Å². The van der Waals surface area contributed by atoms with Gasteiger partial charge in [0, 0.05) is 45.5 Å². The third-order valence-electron chi connectivity index (χ3n) is 4.96. The van der Waals surface area contributed by atoms with Gasteiger partial charge >= 0.3 is 0 Å². The van der Waals surface area contributed by atoms with Crippen LogP contribution in [0.25, 0.3) is 0 Å². The molecule has 0 aromatic heterocycles. The van der Waals surface area contributed by atoms with E-state index in [-0.39, 0.29) is 0 Å². The average molecular weight is 325 g/mol. The monoisotopic (exact) mass is 324 g/mol. The standard InChI is InChI=1S/C22H32N2/c1-7-17(2)16-22(18-8-12-20(13-9-18)23(3)4)19-10-14-21(15-11-19)24(5)6/h8-15,17,22H,7,16H2,1-6H3. The van der Waals surface area contributed by atoms with Crippen molar-refractivity contribution in [3.63, 3.8) is 0 Å². The van der Waals surface area contributed by atoms with Crippen molar-refractivity contribution >= 4 is 11.4 Å². The zero-order chi connectivity index (χ0) is 17.7. The Labute approximate surface area is 148 Å². The van der Waals surface area contributed by atoms with Gasteiger partial charge in [0.15, 0.2) is 0 Å². The van der Waals surface area contributed by atoms with Gasteiger partial charge in [-0.1, -0.05) is 44.5 Å². The molecule has 2 aromatic carbocycles. The van der Waals surface area contributed by atoms with Gasteiger partial charge in [0.05, 0.1) is 0 Å². The van der Waals surface area contributed by atoms with Crippen LogP contribution in [0.5, 0.6) is 0 Å². The normalized spacial score (nSPS) is 12.3. The number of benzene rings is 2. The number of anilines is 2. The van der Waals surface area contributed by atoms with Crippen molar-refractivity contribution in [2.24, 2.45) is 5.92 Å². The molecule has 1 atom stereocenters. The molecule has 0 spiro atoms. The predicted molar refractivity (Wildman–Crippen MR) is 107 cm³/mol. The number of nitrogens with zero attached hydrogens (tertiary/aromatic N) is 2. The molecule has 0 aliphatic heterocycles. The smallest absolute Gasteiger partial charge is 0.0361 e. The molecular weight excluding hydrogens is 292 g/mol. The van der Waals surface area contributed by atoms with E-state index in [1.165, 1.54) is 35.3 Å². The fraction of sp³-hybridized carbons (Fsp3) is 0.455. The minimum absolute atomic E-state index is 0.465. The Morgan fingerprint density at radius 2 is 1.08 bits per heavy atom. The molecule has 0 radical (unpaired) electrons. The Kier molecular flexibility index (Phi) is 6.30. The summed E-state index contributed by atoms with van der Waals surface area (Å²) in [4.78, 5) is 4.30. The molecule has 0 saturated carbocycles. The molecule has 130 valence electrons. The van der Waals surface area contributed by atoms with E-state index in [2.05, 4.69) is 100 Å². The van der Waals surface area contributed by atoms with Crippen LogP contribution in [-0.4, -0.2) is 28.2 Å². The predicted octanol–water partition coefficient (Wildman–Crippen LogP) is 5.39. The number of hydrogen-bond donors (Lipinski definition) is 0. The summed E-state index contributed by atoms with van der Waals surface area (Å²) in [6.45, 7) is 4.64. The van der Waals surface area contributed by atoms with Crippen LogP contribution in [-0.2, 0) is 0 Å². The Hall–Kier alpha value is -1.96. The summed E-state index contributed by atoms with van der Waals surface area (Å²) in [5, 5.41) is 0. The van der Waals surface area contributed by atoms with Gasteiger partial charge in [-0.05, 0) is 47.7 Å². The summed E-state index contributed by atoms with van der Waals surface area (Å²) in [7, 11) is 8.36. The van der Waals surface area contributed by atoms with Gasteiger partial charge < -0.3 is 9.80 Å². The maximum absolute atomic E-state index is 2.36. The summed E-state index contributed by atoms with van der Waals surface area (Å²) in [5.74, 6) is 1.18. The maximum Gasteiger partial charge on any atom is 0.0361 e. The van der Waals surface area contributed by atoms with E-state index < -0.39 is 0 Å². The van der Waals surface area contributed by atoms with E-state index in [0.29, 0.717) is 5.92 Å². The third-order valence-corrected chi connectivity index (χ3v) is 4.96. The van der Waals surface area contributed by atoms with Gasteiger partial charge in [-0.25, -0.2) is 0 Å². The van der Waals surface area contributed by atoms with E-state index in [1.807, 2.05) is 0 Å². The lowest BCUT2D eigenvalue weighted by Crippen LogP contribution is -2.11. The molecule has 24 heavy (non-hydrogen) atoms. The van der Waals surface area contributed by atoms with Gasteiger partial charge in [-0.15, -0.1) is 0 Å². The van der Waals surface area contributed by atoms with Crippen LogP contribution in [0.15, 0.2) is 48.5 Å². The molecule has 0 saturated heterocycles. The highest BCUT2D eigenvalue weighted by Gasteiger charge is 2.17. The van der Waals surface area contributed by atoms with E-state index in [9.17, 15) is 0 Å². The van der Waals surface area contributed by atoms with Crippen molar-refractivity contribution < 1.29 is 0 Å². The van der Waals surface area contributed by atoms with Gasteiger partial charge in [-0.3, -0.25) is 0 Å². The molecule has 2 heteroatoms. The SMILES string of the molecule is CCC(C)CC(c1ccc(N(C)C)cc1)c1ccc(N(C)C)cc1. The van der Waals surface area contributed by atoms with Gasteiger partial charge in [0.1, 0.15) is 0 Å². The van der Waals surface area contributed by atoms with Crippen LogP contribution in [0.4, 0.5) is 11.4 Å². The molecule has 2 nitrogen and oxygen atoms in total. The first kappa shape index (κ1) is 18.4. The second-order valence-corrected chi connectivity index (χ2v) is 7.27. The van der Waals surface area contributed by atoms with Crippen LogP contribution in [0.1, 0.15) is 43.7 Å². The first-order valence-corrected chi connectivity index (χ1v) is 8.97. The van der Waals surface area contributed by atoms with E-state index in [1.54, 1.807) is 0 Å². The largest absolute Gasteiger partial charge is 0.378 e. The zero-order valence-electron chi connectivity index (χ0n) is 16.1. The highest BCUT2D eigenvalue weighted by Crippen LogP contribution is 2.33. The van der Waals surface area contributed by atoms with E-state index in [4.69, 9.17) is 0 Å². The molecule has 2 rings (SSSR count). The third kappa shape index (κ3) is 4.53. The molecular formula is C22H32N2. The highest BCUT2D eigenvalue weighted by molar-refractivity contribution is 5.50. The average Bonchev–Trinajstić information content (AvgIpc) is 2.59. The first-order chi connectivity index (χ1) is 11.4. The maximum atomic E-state index is 2.36. The summed E-state index contributed by atoms with van der Waals surface area (Å²) in [6.07, 6.45) is 2.42. The van der Waals surface area contributed by atoms with Crippen molar-refractivity contribution in [3.05, 3.63) is 59.7 Å². The molecule has 0 aliphatic carbocycles. The Morgan fingerprint density at radius 1 is 0.708 bits per heavy atom. The second-order valence-electron chi connectivity index (χ2n) is 7.27. The molecule has 0 aliphatic rings. The topological polar surface area (TPSA) is 6.48 Å². The van der Waals surface area contributed by atoms with Crippen LogP contribution >= 0.6 is 0 Å². The van der Waals surface area contributed by atoms with Crippen molar-refractivity contribution in [1.29, 1.82) is 0 Å². The first-order valence-electron chi connectivity index (χ1n) is 8.97. The van der Waals surface area contributed by atoms with Crippen LogP contribution in [0, 0.1) is 5.92 Å². The van der Waals surface area contributed by atoms with Gasteiger partial charge in [0.2, 0.25) is 0 Å². The summed E-state index contributed by atoms with van der Waals surface area (Å²) in [5.41, 5.74) is 5.34. The van der Waals surface area contributed by atoms with Crippen LogP contribution in [0.2, 0.25) is 0 Å². The number of rotatable bonds is 7. The Balaban J connectivity index is 2.33. The molecule has 1 unspecified atom stereocenters. The highest BCUT2D eigenvalue weighted by atomic mass is 15.1. The second kappa shape index (κ2) is 8.23. The van der Waals surface area contributed by atoms with Crippen molar-refractivity contribution in [3.8, 4) is 0 Å². The molecule has 0 N–H and O–H groups in total. The molecule has 0 bridgehead atoms. The zero-order valence-corrected chi connectivity index (χ0v) is 16.1. The summed E-state index contributed by atoms with van der Waals surface area (Å²) in [6, 6.07) is 18.1. The minimum Gasteiger partial charge on any atom is -0.378 e. The lowest BCUT2D eigenvalue weighted by atomic mass is 9.83. The fourth-order valence-corrected chi connectivity index (χ4v) is 3.04. The van der Waals surface area contributed by atoms with Crippen molar-refractivity contribution in [2.75, 3.05) is 38.0 Å². The summed E-state index contributed by atoms with van der Waals surface area (Å²) >= 11 is 0. The number of hydrogen-bond acceptors (Lipinski definition) is 2. The quantitative estimate of drug-likeness (QED) is 0.674. The molecule has 2 aromatic rings. The van der Waals surface area contributed by atoms with E-state index in [0.717, 1.165) is 5.92 Å². The lowest BCUT2D eigenvalue weighted by molar-refractivity contribution is 0.484.